The van der Waals surface area contributed by atoms with Gasteiger partial charge in [-0.05, 0) is 42.4 Å². The molecule has 1 fully saturated rings. The van der Waals surface area contributed by atoms with Gasteiger partial charge in [-0.1, -0.05) is 18.2 Å². The van der Waals surface area contributed by atoms with E-state index in [1.54, 1.807) is 12.1 Å². The van der Waals surface area contributed by atoms with Gasteiger partial charge in [0.2, 0.25) is 0 Å². The van der Waals surface area contributed by atoms with Crippen LogP contribution in [-0.4, -0.2) is 53.5 Å². The lowest BCUT2D eigenvalue weighted by atomic mass is 10.1. The second kappa shape index (κ2) is 9.12. The van der Waals surface area contributed by atoms with Crippen LogP contribution in [0.3, 0.4) is 0 Å². The highest BCUT2D eigenvalue weighted by atomic mass is 31.0. The number of halogens is 1. The first-order valence-corrected chi connectivity index (χ1v) is 10.7. The van der Waals surface area contributed by atoms with Crippen LogP contribution in [-0.2, 0) is 4.74 Å². The Hall–Kier alpha value is -2.83. The molecule has 2 N–H and O–H groups in total. The molecule has 162 valence electrons. The molecule has 2 atom stereocenters. The van der Waals surface area contributed by atoms with E-state index in [-0.39, 0.29) is 25.1 Å². The normalized spacial score (nSPS) is 16.0. The maximum absolute atomic E-state index is 14.6. The molecule has 3 aromatic rings. The molecule has 9 heteroatoms. The number of rotatable bonds is 5. The number of aliphatic hydroxyl groups excluding tert-OH is 1. The number of fused-ring (bicyclic) bond motifs is 1. The molecular weight excluding hydrogens is 418 g/mol. The number of carbonyl (C=O) groups is 1. The van der Waals surface area contributed by atoms with E-state index in [1.807, 2.05) is 25.1 Å². The van der Waals surface area contributed by atoms with E-state index < -0.39 is 6.09 Å². The standard InChI is InChI=1S/C22H24FN4O3P/c1-13-5-6-15-17(11-13)25-20(19-16(23)3-2-4-18(19)31)26-21(15)27-8-7-14(12-27)24-22(29)30-10-9-28/h2-6,11,14,28H,7-10,12,31H2,1H3,(H,24,29)/t14-/m1/s1. The number of amides is 1. The molecule has 2 aromatic carbocycles. The molecule has 4 rings (SSSR count). The predicted molar refractivity (Wildman–Crippen MR) is 121 cm³/mol. The number of anilines is 1. The zero-order valence-electron chi connectivity index (χ0n) is 17.1. The molecule has 1 unspecified atom stereocenters. The van der Waals surface area contributed by atoms with Crippen molar-refractivity contribution in [1.82, 2.24) is 15.3 Å². The SMILES string of the molecule is Cc1ccc2c(N3CC[C@@H](NC(=O)OCCO)C3)nc(-c3c(F)cccc3P)nc2c1. The lowest BCUT2D eigenvalue weighted by Gasteiger charge is -2.21. The second-order valence-electron chi connectivity index (χ2n) is 7.53. The van der Waals surface area contributed by atoms with Crippen molar-refractivity contribution in [2.24, 2.45) is 0 Å². The Bertz CT molecular complexity index is 1110. The van der Waals surface area contributed by atoms with Crippen molar-refractivity contribution in [2.75, 3.05) is 31.2 Å². The van der Waals surface area contributed by atoms with Crippen LogP contribution >= 0.6 is 9.24 Å². The number of hydrogen-bond acceptors (Lipinski definition) is 6. The molecule has 31 heavy (non-hydrogen) atoms. The summed E-state index contributed by atoms with van der Waals surface area (Å²) in [6, 6.07) is 10.7. The molecule has 0 radical (unpaired) electrons. The first kappa shape index (κ1) is 21.4. The molecule has 1 aliphatic heterocycles. The fraction of sp³-hybridized carbons (Fsp3) is 0.318. The molecule has 7 nitrogen and oxygen atoms in total. The Balaban J connectivity index is 1.70. The molecule has 1 aliphatic rings. The number of aryl methyl sites for hydroxylation is 1. The number of nitrogens with zero attached hydrogens (tertiary/aromatic N) is 3. The van der Waals surface area contributed by atoms with Crippen molar-refractivity contribution in [3.05, 3.63) is 47.8 Å². The van der Waals surface area contributed by atoms with Crippen LogP contribution in [0.15, 0.2) is 36.4 Å². The molecular formula is C22H24FN4O3P. The molecule has 1 aromatic heterocycles. The van der Waals surface area contributed by atoms with Crippen molar-refractivity contribution in [3.63, 3.8) is 0 Å². The van der Waals surface area contributed by atoms with Crippen LogP contribution in [0.5, 0.6) is 0 Å². The number of ether oxygens (including phenoxy) is 1. The molecule has 2 heterocycles. The third-order valence-electron chi connectivity index (χ3n) is 5.24. The zero-order chi connectivity index (χ0) is 22.0. The third kappa shape index (κ3) is 4.60. The number of aliphatic hydroxyl groups is 1. The highest BCUT2D eigenvalue weighted by Crippen LogP contribution is 2.31. The third-order valence-corrected chi connectivity index (χ3v) is 5.72. The van der Waals surface area contributed by atoms with Gasteiger partial charge >= 0.3 is 6.09 Å². The summed E-state index contributed by atoms with van der Waals surface area (Å²) in [4.78, 5) is 23.3. The van der Waals surface area contributed by atoms with Gasteiger partial charge in [-0.2, -0.15) is 0 Å². The summed E-state index contributed by atoms with van der Waals surface area (Å²) in [5, 5.41) is 13.2. The van der Waals surface area contributed by atoms with Crippen molar-refractivity contribution in [3.8, 4) is 11.4 Å². The smallest absolute Gasteiger partial charge is 0.407 e. The minimum absolute atomic E-state index is 0.0401. The van der Waals surface area contributed by atoms with Gasteiger partial charge in [-0.15, -0.1) is 9.24 Å². The van der Waals surface area contributed by atoms with Crippen molar-refractivity contribution in [1.29, 1.82) is 0 Å². The van der Waals surface area contributed by atoms with E-state index in [0.29, 0.717) is 35.6 Å². The topological polar surface area (TPSA) is 87.6 Å². The number of aromatic nitrogens is 2. The summed E-state index contributed by atoms with van der Waals surface area (Å²) >= 11 is 0. The Morgan fingerprint density at radius 3 is 2.97 bits per heavy atom. The summed E-state index contributed by atoms with van der Waals surface area (Å²) in [5.41, 5.74) is 2.15. The number of carbonyl (C=O) groups excluding carboxylic acids is 1. The van der Waals surface area contributed by atoms with E-state index in [1.165, 1.54) is 6.07 Å². The fourth-order valence-electron chi connectivity index (χ4n) is 3.77. The van der Waals surface area contributed by atoms with Crippen LogP contribution in [0.25, 0.3) is 22.3 Å². The summed E-state index contributed by atoms with van der Waals surface area (Å²) in [5.74, 6) is 0.661. The highest BCUT2D eigenvalue weighted by Gasteiger charge is 2.27. The largest absolute Gasteiger partial charge is 0.447 e. The molecule has 0 saturated carbocycles. The predicted octanol–water partition coefficient (Wildman–Crippen LogP) is 2.54. The van der Waals surface area contributed by atoms with Gasteiger partial charge in [-0.25, -0.2) is 19.2 Å². The molecule has 0 aliphatic carbocycles. The van der Waals surface area contributed by atoms with Gasteiger partial charge in [0.05, 0.1) is 23.7 Å². The maximum atomic E-state index is 14.6. The number of alkyl carbamates (subject to hydrolysis) is 1. The van der Waals surface area contributed by atoms with Gasteiger partial charge in [-0.3, -0.25) is 0 Å². The Morgan fingerprint density at radius 2 is 2.19 bits per heavy atom. The minimum atomic E-state index is -0.552. The number of hydrogen-bond donors (Lipinski definition) is 2. The van der Waals surface area contributed by atoms with E-state index in [4.69, 9.17) is 14.8 Å². The van der Waals surface area contributed by atoms with Crippen molar-refractivity contribution < 1.29 is 19.0 Å². The maximum Gasteiger partial charge on any atom is 0.407 e. The van der Waals surface area contributed by atoms with Crippen LogP contribution < -0.4 is 15.5 Å². The number of nitrogens with one attached hydrogen (secondary N) is 1. The minimum Gasteiger partial charge on any atom is -0.447 e. The average molecular weight is 442 g/mol. The number of benzene rings is 2. The Kier molecular flexibility index (Phi) is 6.30. The lowest BCUT2D eigenvalue weighted by Crippen LogP contribution is -2.38. The second-order valence-corrected chi connectivity index (χ2v) is 8.15. The van der Waals surface area contributed by atoms with E-state index in [2.05, 4.69) is 24.4 Å². The highest BCUT2D eigenvalue weighted by molar-refractivity contribution is 7.28. The summed E-state index contributed by atoms with van der Waals surface area (Å²) in [6.45, 7) is 2.95. The Morgan fingerprint density at radius 1 is 1.35 bits per heavy atom. The van der Waals surface area contributed by atoms with Crippen molar-refractivity contribution >= 4 is 37.4 Å². The quantitative estimate of drug-likeness (QED) is 0.591. The zero-order valence-corrected chi connectivity index (χ0v) is 18.3. The average Bonchev–Trinajstić information content (AvgIpc) is 3.19. The van der Waals surface area contributed by atoms with E-state index >= 15 is 0 Å². The summed E-state index contributed by atoms with van der Waals surface area (Å²) < 4.78 is 19.5. The van der Waals surface area contributed by atoms with Crippen molar-refractivity contribution in [2.45, 2.75) is 19.4 Å². The molecule has 0 spiro atoms. The van der Waals surface area contributed by atoms with Gasteiger partial charge in [0.1, 0.15) is 18.2 Å². The summed E-state index contributed by atoms with van der Waals surface area (Å²) in [7, 11) is 2.54. The van der Waals surface area contributed by atoms with Gasteiger partial charge in [0, 0.05) is 18.5 Å². The van der Waals surface area contributed by atoms with E-state index in [0.717, 1.165) is 22.9 Å². The fourth-order valence-corrected chi connectivity index (χ4v) is 4.15. The van der Waals surface area contributed by atoms with Gasteiger partial charge in [0.15, 0.2) is 5.82 Å². The Labute approximate surface area is 181 Å². The summed E-state index contributed by atoms with van der Waals surface area (Å²) in [6.07, 6.45) is 0.166. The lowest BCUT2D eigenvalue weighted by molar-refractivity contribution is 0.117. The monoisotopic (exact) mass is 442 g/mol. The van der Waals surface area contributed by atoms with Crippen LogP contribution in [0, 0.1) is 12.7 Å². The van der Waals surface area contributed by atoms with Gasteiger partial charge in [0.25, 0.3) is 0 Å². The van der Waals surface area contributed by atoms with Crippen LogP contribution in [0.4, 0.5) is 15.0 Å². The van der Waals surface area contributed by atoms with E-state index in [9.17, 15) is 9.18 Å². The van der Waals surface area contributed by atoms with Gasteiger partial charge < -0.3 is 20.1 Å². The molecule has 0 bridgehead atoms. The van der Waals surface area contributed by atoms with Crippen LogP contribution in [0.1, 0.15) is 12.0 Å². The first-order valence-electron chi connectivity index (χ1n) is 10.1. The first-order chi connectivity index (χ1) is 15.0. The molecule has 1 amide bonds. The van der Waals surface area contributed by atoms with Crippen LogP contribution in [0.2, 0.25) is 0 Å². The molecule has 1 saturated heterocycles.